The minimum Gasteiger partial charge on any atom is -0.374 e. The Hall–Kier alpha value is -1.05. The van der Waals surface area contributed by atoms with E-state index in [9.17, 15) is 4.39 Å². The fourth-order valence-corrected chi connectivity index (χ4v) is 2.15. The normalized spacial score (nSPS) is 15.7. The Kier molecular flexibility index (Phi) is 2.25. The zero-order valence-electron chi connectivity index (χ0n) is 9.89. The first-order chi connectivity index (χ1) is 6.89. The number of anilines is 1. The van der Waals surface area contributed by atoms with Gasteiger partial charge < -0.3 is 4.90 Å². The second-order valence-electron chi connectivity index (χ2n) is 5.38. The Morgan fingerprint density at radius 3 is 2.53 bits per heavy atom. The van der Waals surface area contributed by atoms with Crippen LogP contribution in [0.15, 0.2) is 12.1 Å². The van der Waals surface area contributed by atoms with Gasteiger partial charge in [-0.25, -0.2) is 4.39 Å². The van der Waals surface area contributed by atoms with E-state index in [2.05, 4.69) is 25.7 Å². The van der Waals surface area contributed by atoms with Gasteiger partial charge in [-0.3, -0.25) is 0 Å². The molecule has 1 aromatic carbocycles. The van der Waals surface area contributed by atoms with Gasteiger partial charge in [0.2, 0.25) is 0 Å². The summed E-state index contributed by atoms with van der Waals surface area (Å²) in [6.45, 7) is 7.16. The van der Waals surface area contributed by atoms with Gasteiger partial charge in [-0.05, 0) is 29.0 Å². The number of hydrogen-bond acceptors (Lipinski definition) is 1. The van der Waals surface area contributed by atoms with Gasteiger partial charge in [-0.2, -0.15) is 0 Å². The molecule has 2 rings (SSSR count). The molecule has 0 bridgehead atoms. The van der Waals surface area contributed by atoms with E-state index in [1.165, 1.54) is 5.56 Å². The molecule has 82 valence electrons. The summed E-state index contributed by atoms with van der Waals surface area (Å²) >= 11 is 0. The molecule has 15 heavy (non-hydrogen) atoms. The second-order valence-corrected chi connectivity index (χ2v) is 5.38. The maximum absolute atomic E-state index is 13.9. The van der Waals surface area contributed by atoms with Gasteiger partial charge in [0.25, 0.3) is 0 Å². The molecule has 0 amide bonds. The van der Waals surface area contributed by atoms with E-state index in [-0.39, 0.29) is 11.2 Å². The lowest BCUT2D eigenvalue weighted by Gasteiger charge is -2.21. The number of likely N-dealkylation sites (N-methyl/N-ethyl adjacent to an activating group) is 1. The van der Waals surface area contributed by atoms with Crippen LogP contribution in [0, 0.1) is 5.82 Å². The van der Waals surface area contributed by atoms with Gasteiger partial charge in [0.15, 0.2) is 0 Å². The van der Waals surface area contributed by atoms with Gasteiger partial charge in [0.05, 0.1) is 0 Å². The SMILES string of the molecule is CN1CCc2cc(C(C)(C)C)c(F)cc21. The van der Waals surface area contributed by atoms with Gasteiger partial charge >= 0.3 is 0 Å². The third-order valence-corrected chi connectivity index (χ3v) is 3.10. The monoisotopic (exact) mass is 207 g/mol. The third kappa shape index (κ3) is 1.73. The lowest BCUT2D eigenvalue weighted by Crippen LogP contribution is -2.15. The van der Waals surface area contributed by atoms with Crippen molar-refractivity contribution in [1.29, 1.82) is 0 Å². The average Bonchev–Trinajstić information content (AvgIpc) is 2.45. The summed E-state index contributed by atoms with van der Waals surface area (Å²) < 4.78 is 13.9. The minimum absolute atomic E-state index is 0.0741. The van der Waals surface area contributed by atoms with E-state index >= 15 is 0 Å². The zero-order chi connectivity index (χ0) is 11.2. The summed E-state index contributed by atoms with van der Waals surface area (Å²) in [5.41, 5.74) is 3.06. The van der Waals surface area contributed by atoms with Crippen LogP contribution < -0.4 is 4.90 Å². The van der Waals surface area contributed by atoms with Crippen molar-refractivity contribution in [2.24, 2.45) is 0 Å². The first-order valence-corrected chi connectivity index (χ1v) is 5.43. The molecule has 0 radical (unpaired) electrons. The number of benzene rings is 1. The molecule has 0 unspecified atom stereocenters. The highest BCUT2D eigenvalue weighted by atomic mass is 19.1. The summed E-state index contributed by atoms with van der Waals surface area (Å²) in [6.07, 6.45) is 1.04. The van der Waals surface area contributed by atoms with Crippen LogP contribution >= 0.6 is 0 Å². The molecule has 1 heterocycles. The van der Waals surface area contributed by atoms with E-state index in [4.69, 9.17) is 0 Å². The Labute approximate surface area is 90.9 Å². The molecular formula is C13H18FN. The average molecular weight is 207 g/mol. The Balaban J connectivity index is 2.54. The van der Waals surface area contributed by atoms with Gasteiger partial charge in [-0.1, -0.05) is 26.8 Å². The van der Waals surface area contributed by atoms with Gasteiger partial charge in [0, 0.05) is 19.3 Å². The fourth-order valence-electron chi connectivity index (χ4n) is 2.15. The standard InChI is InChI=1S/C13H18FN/c1-13(2,3)10-7-9-5-6-15(4)12(9)8-11(10)14/h7-8H,5-6H2,1-4H3. The van der Waals surface area contributed by atoms with E-state index in [0.29, 0.717) is 0 Å². The molecule has 1 aliphatic rings. The molecule has 0 atom stereocenters. The Morgan fingerprint density at radius 2 is 1.93 bits per heavy atom. The molecule has 0 saturated carbocycles. The van der Waals surface area contributed by atoms with Crippen LogP contribution in [0.25, 0.3) is 0 Å². The van der Waals surface area contributed by atoms with Crippen molar-refractivity contribution in [3.05, 3.63) is 29.1 Å². The molecule has 1 aliphatic heterocycles. The molecule has 0 spiro atoms. The first kappa shape index (κ1) is 10.5. The molecule has 0 saturated heterocycles. The predicted octanol–water partition coefficient (Wildman–Crippen LogP) is 3.12. The van der Waals surface area contributed by atoms with Crippen molar-refractivity contribution in [1.82, 2.24) is 0 Å². The van der Waals surface area contributed by atoms with Crippen LogP contribution in [0.1, 0.15) is 31.9 Å². The van der Waals surface area contributed by atoms with Crippen LogP contribution in [0.5, 0.6) is 0 Å². The lowest BCUT2D eigenvalue weighted by atomic mass is 9.85. The summed E-state index contributed by atoms with van der Waals surface area (Å²) in [5.74, 6) is -0.0741. The van der Waals surface area contributed by atoms with Crippen LogP contribution in [0.2, 0.25) is 0 Å². The molecule has 2 heteroatoms. The number of hydrogen-bond donors (Lipinski definition) is 0. The Morgan fingerprint density at radius 1 is 1.27 bits per heavy atom. The van der Waals surface area contributed by atoms with E-state index in [1.807, 2.05) is 13.1 Å². The molecular weight excluding hydrogens is 189 g/mol. The second kappa shape index (κ2) is 3.22. The highest BCUT2D eigenvalue weighted by Gasteiger charge is 2.24. The lowest BCUT2D eigenvalue weighted by molar-refractivity contribution is 0.522. The predicted molar refractivity (Wildman–Crippen MR) is 62.1 cm³/mol. The molecule has 0 fully saturated rings. The van der Waals surface area contributed by atoms with Crippen molar-refractivity contribution < 1.29 is 4.39 Å². The smallest absolute Gasteiger partial charge is 0.129 e. The number of halogens is 1. The molecule has 1 nitrogen and oxygen atoms in total. The topological polar surface area (TPSA) is 3.24 Å². The number of fused-ring (bicyclic) bond motifs is 1. The highest BCUT2D eigenvalue weighted by Crippen LogP contribution is 2.34. The maximum Gasteiger partial charge on any atom is 0.129 e. The van der Waals surface area contributed by atoms with Crippen molar-refractivity contribution >= 4 is 5.69 Å². The van der Waals surface area contributed by atoms with E-state index < -0.39 is 0 Å². The van der Waals surface area contributed by atoms with Crippen molar-refractivity contribution in [3.8, 4) is 0 Å². The van der Waals surface area contributed by atoms with E-state index in [0.717, 1.165) is 24.2 Å². The molecule has 1 aromatic rings. The summed E-state index contributed by atoms with van der Waals surface area (Å²) in [5, 5.41) is 0. The van der Waals surface area contributed by atoms with Crippen molar-refractivity contribution in [2.75, 3.05) is 18.5 Å². The van der Waals surface area contributed by atoms with Crippen LogP contribution in [0.3, 0.4) is 0 Å². The number of nitrogens with zero attached hydrogens (tertiary/aromatic N) is 1. The van der Waals surface area contributed by atoms with Gasteiger partial charge in [0.1, 0.15) is 5.82 Å². The molecule has 0 aliphatic carbocycles. The van der Waals surface area contributed by atoms with Crippen LogP contribution in [0.4, 0.5) is 10.1 Å². The van der Waals surface area contributed by atoms with Gasteiger partial charge in [-0.15, -0.1) is 0 Å². The summed E-state index contributed by atoms with van der Waals surface area (Å²) in [4.78, 5) is 2.12. The first-order valence-electron chi connectivity index (χ1n) is 5.43. The van der Waals surface area contributed by atoms with Crippen LogP contribution in [-0.2, 0) is 11.8 Å². The third-order valence-electron chi connectivity index (χ3n) is 3.10. The quantitative estimate of drug-likeness (QED) is 0.632. The molecule has 0 N–H and O–H groups in total. The fraction of sp³-hybridized carbons (Fsp3) is 0.538. The summed E-state index contributed by atoms with van der Waals surface area (Å²) in [7, 11) is 2.02. The van der Waals surface area contributed by atoms with Crippen LogP contribution in [-0.4, -0.2) is 13.6 Å². The maximum atomic E-state index is 13.9. The minimum atomic E-state index is -0.111. The van der Waals surface area contributed by atoms with Crippen molar-refractivity contribution in [2.45, 2.75) is 32.6 Å². The van der Waals surface area contributed by atoms with Crippen molar-refractivity contribution in [3.63, 3.8) is 0 Å². The number of rotatable bonds is 0. The Bertz CT molecular complexity index is 390. The highest BCUT2D eigenvalue weighted by molar-refractivity contribution is 5.59. The van der Waals surface area contributed by atoms with E-state index in [1.54, 1.807) is 6.07 Å². The molecule has 0 aromatic heterocycles. The largest absolute Gasteiger partial charge is 0.374 e. The summed E-state index contributed by atoms with van der Waals surface area (Å²) in [6, 6.07) is 3.72. The zero-order valence-corrected chi connectivity index (χ0v) is 9.89.